The molecule has 0 aliphatic heterocycles. The first-order chi connectivity index (χ1) is 6.45. The summed E-state index contributed by atoms with van der Waals surface area (Å²) in [5.41, 5.74) is 0. The van der Waals surface area contributed by atoms with E-state index in [0.717, 1.165) is 35.9 Å². The third-order valence-corrected chi connectivity index (χ3v) is 2.96. The van der Waals surface area contributed by atoms with E-state index < -0.39 is 0 Å². The van der Waals surface area contributed by atoms with Gasteiger partial charge in [-0.2, -0.15) is 0 Å². The van der Waals surface area contributed by atoms with Gasteiger partial charge in [-0.25, -0.2) is 4.79 Å². The Morgan fingerprint density at radius 2 is 2.07 bits per heavy atom. The Morgan fingerprint density at radius 3 is 2.57 bits per heavy atom. The molecule has 0 N–H and O–H groups in total. The van der Waals surface area contributed by atoms with E-state index in [2.05, 4.69) is 38.4 Å². The molecule has 0 radical (unpaired) electrons. The third kappa shape index (κ3) is 10.5. The van der Waals surface area contributed by atoms with Gasteiger partial charge in [-0.05, 0) is 19.3 Å². The number of esters is 1. The first-order valence-electron chi connectivity index (χ1n) is 4.63. The van der Waals surface area contributed by atoms with Crippen LogP contribution in [0.4, 0.5) is 0 Å². The number of rotatable bonds is 7. The zero-order valence-corrected chi connectivity index (χ0v) is 13.6. The number of carbonyl (C=O) groups excluding carboxylic acids is 1. The van der Waals surface area contributed by atoms with Crippen LogP contribution in [0.5, 0.6) is 0 Å². The summed E-state index contributed by atoms with van der Waals surface area (Å²) >= 11 is 7.12. The molecule has 82 valence electrons. The summed E-state index contributed by atoms with van der Waals surface area (Å²) in [6, 6.07) is 0. The van der Waals surface area contributed by atoms with Gasteiger partial charge in [-0.1, -0.05) is 44.9 Å². The highest BCUT2D eigenvalue weighted by atomic mass is 79.9. The van der Waals surface area contributed by atoms with E-state index >= 15 is 0 Å². The molecule has 0 fully saturated rings. The van der Waals surface area contributed by atoms with Gasteiger partial charge >= 0.3 is 5.97 Å². The zero-order chi connectivity index (χ0) is 11.0. The number of halogens is 2. The molecule has 0 saturated carbocycles. The number of carbonyl (C=O) groups is 1. The van der Waals surface area contributed by atoms with E-state index in [4.69, 9.17) is 4.74 Å². The maximum absolute atomic E-state index is 10.7. The van der Waals surface area contributed by atoms with Gasteiger partial charge in [0.25, 0.3) is 0 Å². The minimum absolute atomic E-state index is 0.178. The molecule has 0 aliphatic rings. The van der Waals surface area contributed by atoms with Crippen LogP contribution in [0.15, 0.2) is 12.7 Å². The van der Waals surface area contributed by atoms with E-state index in [1.54, 1.807) is 0 Å². The molecule has 0 heterocycles. The first-order valence-corrected chi connectivity index (χ1v) is 7.21. The molecule has 0 aromatic rings. The predicted octanol–water partition coefficient (Wildman–Crippen LogP) is 2.09. The molecule has 0 saturated heterocycles. The molecule has 0 aromatic heterocycles. The summed E-state index contributed by atoms with van der Waals surface area (Å²) in [6.07, 6.45) is 5.47. The summed E-state index contributed by atoms with van der Waals surface area (Å²) in [6.45, 7) is 3.83. The highest BCUT2D eigenvalue weighted by molar-refractivity contribution is 9.26. The lowest BCUT2D eigenvalue weighted by molar-refractivity contribution is -0.137. The fourth-order valence-corrected chi connectivity index (χ4v) is 1.86. The normalized spacial score (nSPS) is 11.3. The van der Waals surface area contributed by atoms with Crippen molar-refractivity contribution >= 4 is 48.1 Å². The van der Waals surface area contributed by atoms with Crippen LogP contribution < -0.4 is 0 Å². The van der Waals surface area contributed by atoms with Crippen LogP contribution in [0.1, 0.15) is 25.7 Å². The molecule has 0 aliphatic carbocycles. The lowest BCUT2D eigenvalue weighted by Crippen LogP contribution is -2.10. The van der Waals surface area contributed by atoms with Crippen molar-refractivity contribution in [2.24, 2.45) is 0 Å². The number of hydrogen-bond acceptors (Lipinski definition) is 2. The predicted molar refractivity (Wildman–Crippen MR) is 70.1 cm³/mol. The minimum Gasteiger partial charge on any atom is -0.463 e. The van der Waals surface area contributed by atoms with Crippen molar-refractivity contribution in [2.75, 3.05) is 6.61 Å². The second-order valence-electron chi connectivity index (χ2n) is 3.25. The molecular weight excluding hydrogens is 328 g/mol. The number of ether oxygens (including phenoxy) is 1. The summed E-state index contributed by atoms with van der Waals surface area (Å²) in [7, 11) is 1.08. The Bertz CT molecular complexity index is 190. The SMILES string of the molecule is C=CC(=O)OCCCCCC([SiH3])(Br)Br. The molecular formula is C9H16Br2O2Si. The molecule has 0 atom stereocenters. The smallest absolute Gasteiger partial charge is 0.330 e. The van der Waals surface area contributed by atoms with Gasteiger partial charge in [0, 0.05) is 16.3 Å². The summed E-state index contributed by atoms with van der Waals surface area (Å²) < 4.78 is 5.03. The van der Waals surface area contributed by atoms with Crippen LogP contribution in [0.3, 0.4) is 0 Å². The molecule has 0 rings (SSSR count). The van der Waals surface area contributed by atoms with Gasteiger partial charge in [0.15, 0.2) is 0 Å². The average molecular weight is 344 g/mol. The van der Waals surface area contributed by atoms with Gasteiger partial charge in [0.1, 0.15) is 0 Å². The van der Waals surface area contributed by atoms with Crippen molar-refractivity contribution in [2.45, 2.75) is 28.5 Å². The number of alkyl halides is 2. The van der Waals surface area contributed by atoms with E-state index in [-0.39, 0.29) is 8.83 Å². The fourth-order valence-electron chi connectivity index (χ4n) is 0.946. The molecule has 14 heavy (non-hydrogen) atoms. The summed E-state index contributed by atoms with van der Waals surface area (Å²) in [5.74, 6) is -0.330. The molecule has 0 spiro atoms. The highest BCUT2D eigenvalue weighted by Crippen LogP contribution is 2.27. The minimum atomic E-state index is -0.330. The second-order valence-corrected chi connectivity index (χ2v) is 12.5. The average Bonchev–Trinajstić information content (AvgIpc) is 2.08. The molecule has 0 unspecified atom stereocenters. The molecule has 0 amide bonds. The zero-order valence-electron chi connectivity index (χ0n) is 8.39. The van der Waals surface area contributed by atoms with Crippen LogP contribution in [-0.2, 0) is 9.53 Å². The fraction of sp³-hybridized carbons (Fsp3) is 0.667. The quantitative estimate of drug-likeness (QED) is 0.232. The summed E-state index contributed by atoms with van der Waals surface area (Å²) in [4.78, 5) is 10.7. The van der Waals surface area contributed by atoms with Crippen molar-refractivity contribution in [3.05, 3.63) is 12.7 Å². The Kier molecular flexibility index (Phi) is 7.86. The monoisotopic (exact) mass is 342 g/mol. The summed E-state index contributed by atoms with van der Waals surface area (Å²) in [5, 5.41) is 0. The van der Waals surface area contributed by atoms with Crippen molar-refractivity contribution in [1.82, 2.24) is 0 Å². The standard InChI is InChI=1S/C9H16Br2O2Si/c1-2-8(12)13-7-5-3-4-6-9(10,11)14/h2H,1,3-7H2,14H3. The first kappa shape index (κ1) is 14.4. The molecule has 2 nitrogen and oxygen atoms in total. The topological polar surface area (TPSA) is 26.3 Å². The van der Waals surface area contributed by atoms with Crippen LogP contribution in [-0.4, -0.2) is 25.7 Å². The van der Waals surface area contributed by atoms with Crippen LogP contribution in [0.25, 0.3) is 0 Å². The number of unbranched alkanes of at least 4 members (excludes halogenated alkanes) is 2. The van der Waals surface area contributed by atoms with E-state index in [1.807, 2.05) is 0 Å². The van der Waals surface area contributed by atoms with Crippen molar-refractivity contribution in [3.8, 4) is 0 Å². The number of hydrogen-bond donors (Lipinski definition) is 0. The van der Waals surface area contributed by atoms with Gasteiger partial charge in [0.05, 0.1) is 9.46 Å². The van der Waals surface area contributed by atoms with Crippen LogP contribution >= 0.6 is 31.9 Å². The van der Waals surface area contributed by atoms with Crippen molar-refractivity contribution in [3.63, 3.8) is 0 Å². The largest absolute Gasteiger partial charge is 0.463 e. The lowest BCUT2D eigenvalue weighted by Gasteiger charge is -2.12. The van der Waals surface area contributed by atoms with Crippen molar-refractivity contribution < 1.29 is 9.53 Å². The van der Waals surface area contributed by atoms with Crippen LogP contribution in [0, 0.1) is 0 Å². The van der Waals surface area contributed by atoms with E-state index in [0.29, 0.717) is 6.61 Å². The Balaban J connectivity index is 3.22. The van der Waals surface area contributed by atoms with Crippen molar-refractivity contribution in [1.29, 1.82) is 0 Å². The van der Waals surface area contributed by atoms with E-state index in [1.165, 1.54) is 6.08 Å². The molecule has 0 aromatic carbocycles. The second kappa shape index (κ2) is 7.65. The molecule has 5 heteroatoms. The van der Waals surface area contributed by atoms with Gasteiger partial charge < -0.3 is 4.74 Å². The Labute approximate surface area is 105 Å². The Morgan fingerprint density at radius 1 is 1.43 bits per heavy atom. The third-order valence-electron chi connectivity index (χ3n) is 1.67. The Hall–Kier alpha value is 0.387. The maximum atomic E-state index is 10.7. The maximum Gasteiger partial charge on any atom is 0.330 e. The van der Waals surface area contributed by atoms with Gasteiger partial charge in [-0.15, -0.1) is 0 Å². The van der Waals surface area contributed by atoms with E-state index in [9.17, 15) is 4.79 Å². The highest BCUT2D eigenvalue weighted by Gasteiger charge is 2.13. The van der Waals surface area contributed by atoms with Crippen LogP contribution in [0.2, 0.25) is 0 Å². The van der Waals surface area contributed by atoms with Gasteiger partial charge in [-0.3, -0.25) is 0 Å². The molecule has 0 bridgehead atoms. The lowest BCUT2D eigenvalue weighted by atomic mass is 10.2. The van der Waals surface area contributed by atoms with Gasteiger partial charge in [0.2, 0.25) is 0 Å².